The second kappa shape index (κ2) is 6.72. The molecule has 0 saturated carbocycles. The summed E-state index contributed by atoms with van der Waals surface area (Å²) in [6.07, 6.45) is 9.83. The third kappa shape index (κ3) is 2.35. The molecule has 158 valence electrons. The number of piperidine rings is 1. The van der Waals surface area contributed by atoms with E-state index in [1.165, 1.54) is 11.6 Å². The first-order valence-electron chi connectivity index (χ1n) is 10.5. The summed E-state index contributed by atoms with van der Waals surface area (Å²) < 4.78 is 17.8. The van der Waals surface area contributed by atoms with E-state index in [2.05, 4.69) is 18.0 Å². The Morgan fingerprint density at radius 3 is 2.97 bits per heavy atom. The Morgan fingerprint density at radius 2 is 2.20 bits per heavy atom. The summed E-state index contributed by atoms with van der Waals surface area (Å²) in [6, 6.07) is 3.99. The largest absolute Gasteiger partial charge is 0.493 e. The van der Waals surface area contributed by atoms with Gasteiger partial charge in [0.1, 0.15) is 5.76 Å². The Hall–Kier alpha value is -2.57. The van der Waals surface area contributed by atoms with Gasteiger partial charge in [-0.25, -0.2) is 4.79 Å². The highest BCUT2D eigenvalue weighted by Gasteiger charge is 2.72. The van der Waals surface area contributed by atoms with Crippen molar-refractivity contribution < 1.29 is 24.1 Å². The van der Waals surface area contributed by atoms with Crippen LogP contribution in [0.4, 0.5) is 0 Å². The molecule has 2 heterocycles. The van der Waals surface area contributed by atoms with Gasteiger partial charge in [-0.2, -0.15) is 0 Å². The zero-order valence-corrected chi connectivity index (χ0v) is 17.6. The molecule has 6 nitrogen and oxygen atoms in total. The topological polar surface area (TPSA) is 68.2 Å². The summed E-state index contributed by atoms with van der Waals surface area (Å²) in [5.74, 6) is 1.35. The van der Waals surface area contributed by atoms with E-state index >= 15 is 0 Å². The predicted octanol–water partition coefficient (Wildman–Crippen LogP) is 2.65. The van der Waals surface area contributed by atoms with Crippen LogP contribution < -0.4 is 9.47 Å². The first-order chi connectivity index (χ1) is 14.5. The molecule has 0 unspecified atom stereocenters. The average Bonchev–Trinajstić information content (AvgIpc) is 3.08. The van der Waals surface area contributed by atoms with Gasteiger partial charge in [0.15, 0.2) is 17.6 Å². The van der Waals surface area contributed by atoms with Crippen LogP contribution in [-0.2, 0) is 21.4 Å². The number of carbonyl (C=O) groups is 1. The minimum atomic E-state index is -0.994. The second-order valence-electron chi connectivity index (χ2n) is 8.59. The van der Waals surface area contributed by atoms with Crippen molar-refractivity contribution in [2.45, 2.75) is 49.3 Å². The van der Waals surface area contributed by atoms with Crippen molar-refractivity contribution in [2.24, 2.45) is 0 Å². The number of rotatable bonds is 4. The fourth-order valence-corrected chi connectivity index (χ4v) is 5.98. The summed E-state index contributed by atoms with van der Waals surface area (Å²) in [4.78, 5) is 14.6. The van der Waals surface area contributed by atoms with Crippen molar-refractivity contribution in [1.82, 2.24) is 4.90 Å². The Kier molecular flexibility index (Phi) is 4.35. The molecule has 0 radical (unpaired) electrons. The van der Waals surface area contributed by atoms with E-state index in [4.69, 9.17) is 14.2 Å². The molecular formula is C24H27NO5. The van der Waals surface area contributed by atoms with E-state index in [1.54, 1.807) is 19.3 Å². The van der Waals surface area contributed by atoms with Gasteiger partial charge in [0.25, 0.3) is 0 Å². The highest BCUT2D eigenvalue weighted by atomic mass is 16.6. The number of allylic oxidation sites excluding steroid dienone is 3. The Balaban J connectivity index is 1.63. The quantitative estimate of drug-likeness (QED) is 0.469. The molecule has 4 aliphatic rings. The van der Waals surface area contributed by atoms with Crippen molar-refractivity contribution in [3.63, 3.8) is 0 Å². The van der Waals surface area contributed by atoms with Gasteiger partial charge in [-0.05, 0) is 51.1 Å². The van der Waals surface area contributed by atoms with Gasteiger partial charge in [0.2, 0.25) is 0 Å². The third-order valence-corrected chi connectivity index (χ3v) is 7.31. The molecule has 2 aliphatic carbocycles. The molecule has 1 saturated heterocycles. The van der Waals surface area contributed by atoms with Gasteiger partial charge >= 0.3 is 5.97 Å². The van der Waals surface area contributed by atoms with Crippen LogP contribution in [-0.4, -0.2) is 54.4 Å². The van der Waals surface area contributed by atoms with E-state index in [0.717, 1.165) is 24.9 Å². The van der Waals surface area contributed by atoms with E-state index in [1.807, 2.05) is 25.1 Å². The number of esters is 1. The highest BCUT2D eigenvalue weighted by molar-refractivity contribution is 5.83. The van der Waals surface area contributed by atoms with Crippen LogP contribution in [0.25, 0.3) is 0 Å². The van der Waals surface area contributed by atoms with E-state index < -0.39 is 23.1 Å². The first-order valence-corrected chi connectivity index (χ1v) is 10.5. The predicted molar refractivity (Wildman–Crippen MR) is 112 cm³/mol. The number of nitrogens with zero attached hydrogens (tertiary/aromatic N) is 1. The molecule has 1 N–H and O–H groups in total. The lowest BCUT2D eigenvalue weighted by Gasteiger charge is -2.61. The van der Waals surface area contributed by atoms with Gasteiger partial charge in [-0.1, -0.05) is 24.3 Å². The molecule has 30 heavy (non-hydrogen) atoms. The van der Waals surface area contributed by atoms with Gasteiger partial charge in [0, 0.05) is 24.1 Å². The average molecular weight is 409 g/mol. The fraction of sp³-hybridized carbons (Fsp3) is 0.458. The minimum absolute atomic E-state index is 0.0210. The number of benzene rings is 1. The van der Waals surface area contributed by atoms with Gasteiger partial charge in [-0.3, -0.25) is 0 Å². The molecule has 2 bridgehead atoms. The van der Waals surface area contributed by atoms with E-state index in [0.29, 0.717) is 23.7 Å². The number of aliphatic hydroxyl groups is 1. The number of carbonyl (C=O) groups excluding carboxylic acids is 1. The lowest BCUT2D eigenvalue weighted by atomic mass is 9.50. The molecule has 6 heteroatoms. The molecule has 2 aliphatic heterocycles. The van der Waals surface area contributed by atoms with Gasteiger partial charge in [-0.15, -0.1) is 0 Å². The Morgan fingerprint density at radius 1 is 1.37 bits per heavy atom. The molecule has 4 atom stereocenters. The van der Waals surface area contributed by atoms with Crippen molar-refractivity contribution >= 4 is 5.97 Å². The monoisotopic (exact) mass is 409 g/mol. The number of hydrogen-bond acceptors (Lipinski definition) is 6. The number of likely N-dealkylation sites (N-methyl/N-ethyl adjacent to an activating group) is 1. The summed E-state index contributed by atoms with van der Waals surface area (Å²) >= 11 is 0. The second-order valence-corrected chi connectivity index (χ2v) is 8.59. The molecule has 1 fully saturated rings. The van der Waals surface area contributed by atoms with Gasteiger partial charge in [0.05, 0.1) is 18.1 Å². The van der Waals surface area contributed by atoms with Crippen LogP contribution in [0.15, 0.2) is 48.3 Å². The molecule has 5 rings (SSSR count). The minimum Gasteiger partial charge on any atom is -0.493 e. The number of ether oxygens (including phenoxy) is 3. The summed E-state index contributed by atoms with van der Waals surface area (Å²) in [6.45, 7) is 2.72. The molecule has 1 aromatic carbocycles. The van der Waals surface area contributed by atoms with Gasteiger partial charge < -0.3 is 24.2 Å². The molecule has 0 aromatic heterocycles. The lowest BCUT2D eigenvalue weighted by molar-refractivity contribution is -0.168. The Bertz CT molecular complexity index is 996. The maximum absolute atomic E-state index is 12.4. The van der Waals surface area contributed by atoms with Crippen molar-refractivity contribution in [3.8, 4) is 11.5 Å². The zero-order valence-electron chi connectivity index (χ0n) is 17.6. The third-order valence-electron chi connectivity index (χ3n) is 7.31. The molecule has 0 amide bonds. The lowest BCUT2D eigenvalue weighted by Crippen LogP contribution is -2.74. The highest BCUT2D eigenvalue weighted by Crippen LogP contribution is 2.65. The van der Waals surface area contributed by atoms with Crippen LogP contribution >= 0.6 is 0 Å². The zero-order chi connectivity index (χ0) is 21.1. The normalized spacial score (nSPS) is 33.9. The maximum atomic E-state index is 12.4. The van der Waals surface area contributed by atoms with E-state index in [-0.39, 0.29) is 6.04 Å². The summed E-state index contributed by atoms with van der Waals surface area (Å²) in [5, 5.41) is 12.1. The fourth-order valence-electron chi connectivity index (χ4n) is 5.98. The smallest absolute Gasteiger partial charge is 0.335 e. The van der Waals surface area contributed by atoms with Crippen LogP contribution in [0.1, 0.15) is 30.9 Å². The van der Waals surface area contributed by atoms with Crippen LogP contribution in [0.5, 0.6) is 11.5 Å². The first kappa shape index (κ1) is 19.4. The summed E-state index contributed by atoms with van der Waals surface area (Å²) in [5.41, 5.74) is 0.560. The Labute approximate surface area is 176 Å². The van der Waals surface area contributed by atoms with Crippen molar-refractivity contribution in [2.75, 3.05) is 20.7 Å². The van der Waals surface area contributed by atoms with Crippen LogP contribution in [0.2, 0.25) is 0 Å². The number of likely N-dealkylation sites (tertiary alicyclic amines) is 1. The number of hydrogen-bond donors (Lipinski definition) is 1. The van der Waals surface area contributed by atoms with Crippen molar-refractivity contribution in [3.05, 3.63) is 59.4 Å². The van der Waals surface area contributed by atoms with Crippen molar-refractivity contribution in [1.29, 1.82) is 0 Å². The molecule has 1 spiro atoms. The maximum Gasteiger partial charge on any atom is 0.335 e. The van der Waals surface area contributed by atoms with Crippen LogP contribution in [0, 0.1) is 0 Å². The number of methoxy groups -OCH3 is 1. The van der Waals surface area contributed by atoms with Crippen LogP contribution in [0.3, 0.4) is 0 Å². The van der Waals surface area contributed by atoms with E-state index in [9.17, 15) is 9.90 Å². The summed E-state index contributed by atoms with van der Waals surface area (Å²) in [7, 11) is 3.69. The SMILES string of the molecule is C/C=C/C=C/C(=O)OC1=CC[C@@]2(O)[C@H]3Cc4ccc(OC)c5c4[C@@]2(CCN3C)[C@H]1O5. The molecular weight excluding hydrogens is 382 g/mol. The standard InChI is InChI=1S/C24H27NO5/c1-4-5-6-7-19(26)29-17-10-11-24(27)18-14-15-8-9-16(28-3)21-20(15)23(24,22(17)30-21)12-13-25(18)2/h4-10,18,22,27H,11-14H2,1-3H3/b5-4+,7-6+/t18-,22+,23+,24-/m1/s1. The molecule has 1 aromatic rings.